The molecule has 0 N–H and O–H groups in total. The Balaban J connectivity index is 1.50. The van der Waals surface area contributed by atoms with Crippen LogP contribution < -0.4 is 0 Å². The second-order valence-electron chi connectivity index (χ2n) is 7.76. The molecule has 0 aromatic carbocycles. The van der Waals surface area contributed by atoms with Crippen LogP contribution in [-0.4, -0.2) is 63.0 Å². The molecule has 0 saturated carbocycles. The molecule has 2 amide bonds. The van der Waals surface area contributed by atoms with Crippen LogP contribution in [0.4, 0.5) is 0 Å². The Morgan fingerprint density at radius 3 is 2.45 bits per heavy atom. The first-order chi connectivity index (χ1) is 14.0. The van der Waals surface area contributed by atoms with Crippen LogP contribution in [0.15, 0.2) is 16.7 Å². The van der Waals surface area contributed by atoms with E-state index in [2.05, 4.69) is 5.16 Å². The molecule has 2 aliphatic heterocycles. The number of thioether (sulfide) groups is 1. The van der Waals surface area contributed by atoms with Gasteiger partial charge in [0.1, 0.15) is 11.3 Å². The summed E-state index contributed by atoms with van der Waals surface area (Å²) in [6, 6.07) is 3.83. The number of aromatic nitrogens is 2. The Hall–Kier alpha value is -2.35. The number of rotatable bonds is 3. The molecular formula is C21H26N4O3S. The fraction of sp³-hybridized carbons (Fsp3) is 0.524. The van der Waals surface area contributed by atoms with Crippen molar-refractivity contribution in [3.63, 3.8) is 0 Å². The van der Waals surface area contributed by atoms with Gasteiger partial charge < -0.3 is 14.3 Å². The molecule has 0 spiro atoms. The van der Waals surface area contributed by atoms with E-state index < -0.39 is 0 Å². The summed E-state index contributed by atoms with van der Waals surface area (Å²) in [5, 5.41) is 3.90. The molecule has 0 unspecified atom stereocenters. The van der Waals surface area contributed by atoms with Crippen molar-refractivity contribution in [2.45, 2.75) is 39.5 Å². The lowest BCUT2D eigenvalue weighted by atomic mass is 9.89. The molecule has 8 heteroatoms. The summed E-state index contributed by atoms with van der Waals surface area (Å²) in [6.45, 7) is 7.58. The maximum Gasteiger partial charge on any atom is 0.259 e. The maximum atomic E-state index is 13.0. The van der Waals surface area contributed by atoms with Gasteiger partial charge in [0, 0.05) is 37.0 Å². The van der Waals surface area contributed by atoms with E-state index in [0.717, 1.165) is 42.4 Å². The molecular weight excluding hydrogens is 388 g/mol. The number of carbonyl (C=O) groups excluding carboxylic acids is 2. The second kappa shape index (κ2) is 8.18. The lowest BCUT2D eigenvalue weighted by Crippen LogP contribution is -2.39. The first-order valence-electron chi connectivity index (χ1n) is 10.0. The Morgan fingerprint density at radius 2 is 1.83 bits per heavy atom. The van der Waals surface area contributed by atoms with E-state index in [-0.39, 0.29) is 17.7 Å². The molecule has 154 valence electrons. The summed E-state index contributed by atoms with van der Waals surface area (Å²) in [5.74, 6) is 2.53. The molecule has 4 rings (SSSR count). The molecule has 2 fully saturated rings. The normalized spacial score (nSPS) is 17.8. The van der Waals surface area contributed by atoms with Crippen molar-refractivity contribution in [2.75, 3.05) is 31.3 Å². The van der Waals surface area contributed by atoms with E-state index in [1.54, 1.807) is 25.6 Å². The standard InChI is InChI=1S/C21H26N4O3S/c1-13-4-5-17(20(26)25-10-11-29-12-25)19(22-13)16-6-8-24(9-7-16)21(27)18-14(2)23-28-15(18)3/h4-5,16H,6-12H2,1-3H3. The quantitative estimate of drug-likeness (QED) is 0.768. The van der Waals surface area contributed by atoms with Crippen molar-refractivity contribution >= 4 is 23.6 Å². The van der Waals surface area contributed by atoms with E-state index in [1.165, 1.54) is 0 Å². The molecule has 29 heavy (non-hydrogen) atoms. The smallest absolute Gasteiger partial charge is 0.259 e. The van der Waals surface area contributed by atoms with E-state index in [9.17, 15) is 9.59 Å². The minimum Gasteiger partial charge on any atom is -0.361 e. The minimum atomic E-state index is -0.0257. The lowest BCUT2D eigenvalue weighted by Gasteiger charge is -2.32. The third-order valence-electron chi connectivity index (χ3n) is 5.75. The first-order valence-corrected chi connectivity index (χ1v) is 11.2. The van der Waals surface area contributed by atoms with Gasteiger partial charge in [0.25, 0.3) is 11.8 Å². The number of hydrogen-bond acceptors (Lipinski definition) is 6. The predicted molar refractivity (Wildman–Crippen MR) is 111 cm³/mol. The van der Waals surface area contributed by atoms with Crippen LogP contribution in [0, 0.1) is 20.8 Å². The van der Waals surface area contributed by atoms with Crippen LogP contribution in [0.5, 0.6) is 0 Å². The summed E-state index contributed by atoms with van der Waals surface area (Å²) in [5.41, 5.74) is 3.72. The number of carbonyl (C=O) groups is 2. The summed E-state index contributed by atoms with van der Waals surface area (Å²) in [7, 11) is 0. The number of amides is 2. The topological polar surface area (TPSA) is 79.5 Å². The van der Waals surface area contributed by atoms with Gasteiger partial charge in [-0.3, -0.25) is 14.6 Å². The molecule has 7 nitrogen and oxygen atoms in total. The van der Waals surface area contributed by atoms with Crippen LogP contribution in [0.1, 0.15) is 62.3 Å². The monoisotopic (exact) mass is 414 g/mol. The van der Waals surface area contributed by atoms with Crippen molar-refractivity contribution in [3.05, 3.63) is 46.1 Å². The highest BCUT2D eigenvalue weighted by Crippen LogP contribution is 2.31. The van der Waals surface area contributed by atoms with E-state index in [1.807, 2.05) is 28.9 Å². The fourth-order valence-electron chi connectivity index (χ4n) is 4.12. The third kappa shape index (κ3) is 3.90. The highest BCUT2D eigenvalue weighted by Gasteiger charge is 2.31. The predicted octanol–water partition coefficient (Wildman–Crippen LogP) is 3.16. The van der Waals surface area contributed by atoms with Gasteiger partial charge in [0.2, 0.25) is 0 Å². The number of hydrogen-bond donors (Lipinski definition) is 0. The minimum absolute atomic E-state index is 0.0257. The number of nitrogens with zero attached hydrogens (tertiary/aromatic N) is 4. The van der Waals surface area contributed by atoms with Gasteiger partial charge in [-0.25, -0.2) is 0 Å². The van der Waals surface area contributed by atoms with Crippen molar-refractivity contribution in [1.29, 1.82) is 0 Å². The van der Waals surface area contributed by atoms with Crippen LogP contribution in [0.3, 0.4) is 0 Å². The molecule has 2 aromatic rings. The van der Waals surface area contributed by atoms with Gasteiger partial charge in [-0.1, -0.05) is 5.16 Å². The van der Waals surface area contributed by atoms with Crippen LogP contribution in [0.25, 0.3) is 0 Å². The van der Waals surface area contributed by atoms with Gasteiger partial charge in [0.15, 0.2) is 0 Å². The average molecular weight is 415 g/mol. The summed E-state index contributed by atoms with van der Waals surface area (Å²) >= 11 is 1.78. The van der Waals surface area contributed by atoms with Gasteiger partial charge in [-0.15, -0.1) is 11.8 Å². The van der Waals surface area contributed by atoms with Gasteiger partial charge >= 0.3 is 0 Å². The van der Waals surface area contributed by atoms with Gasteiger partial charge in [-0.2, -0.15) is 0 Å². The fourth-order valence-corrected chi connectivity index (χ4v) is 5.06. The van der Waals surface area contributed by atoms with E-state index in [0.29, 0.717) is 35.7 Å². The maximum absolute atomic E-state index is 13.0. The van der Waals surface area contributed by atoms with Crippen molar-refractivity contribution in [2.24, 2.45) is 0 Å². The largest absolute Gasteiger partial charge is 0.361 e. The molecule has 2 aliphatic rings. The van der Waals surface area contributed by atoms with Crippen molar-refractivity contribution < 1.29 is 14.1 Å². The number of piperidine rings is 1. The zero-order valence-corrected chi connectivity index (χ0v) is 17.9. The van der Waals surface area contributed by atoms with Crippen LogP contribution >= 0.6 is 11.8 Å². The van der Waals surface area contributed by atoms with E-state index in [4.69, 9.17) is 9.51 Å². The number of pyridine rings is 1. The Bertz CT molecular complexity index is 909. The van der Waals surface area contributed by atoms with Gasteiger partial charge in [0.05, 0.1) is 22.8 Å². The van der Waals surface area contributed by atoms with Crippen molar-refractivity contribution in [1.82, 2.24) is 19.9 Å². The van der Waals surface area contributed by atoms with Crippen molar-refractivity contribution in [3.8, 4) is 0 Å². The van der Waals surface area contributed by atoms with Crippen LogP contribution in [0.2, 0.25) is 0 Å². The van der Waals surface area contributed by atoms with E-state index >= 15 is 0 Å². The Kier molecular flexibility index (Phi) is 5.63. The third-order valence-corrected chi connectivity index (χ3v) is 6.72. The highest BCUT2D eigenvalue weighted by atomic mass is 32.2. The average Bonchev–Trinajstić information content (AvgIpc) is 3.37. The zero-order chi connectivity index (χ0) is 20.5. The molecule has 0 atom stereocenters. The molecule has 0 radical (unpaired) electrons. The molecule has 0 aliphatic carbocycles. The van der Waals surface area contributed by atoms with Gasteiger partial charge in [-0.05, 0) is 45.7 Å². The Morgan fingerprint density at radius 1 is 1.07 bits per heavy atom. The molecule has 0 bridgehead atoms. The summed E-state index contributed by atoms with van der Waals surface area (Å²) < 4.78 is 5.15. The number of aryl methyl sites for hydroxylation is 3. The molecule has 2 saturated heterocycles. The molecule has 2 aromatic heterocycles. The lowest BCUT2D eigenvalue weighted by molar-refractivity contribution is 0.0705. The highest BCUT2D eigenvalue weighted by molar-refractivity contribution is 7.99. The Labute approximate surface area is 174 Å². The summed E-state index contributed by atoms with van der Waals surface area (Å²) in [6.07, 6.45) is 1.58. The van der Waals surface area contributed by atoms with Crippen LogP contribution in [-0.2, 0) is 0 Å². The first kappa shape index (κ1) is 19.9. The SMILES string of the molecule is Cc1ccc(C(=O)N2CCSC2)c(C2CCN(C(=O)c3c(C)noc3C)CC2)n1. The summed E-state index contributed by atoms with van der Waals surface area (Å²) in [4.78, 5) is 34.4. The zero-order valence-electron chi connectivity index (χ0n) is 17.1. The second-order valence-corrected chi connectivity index (χ2v) is 8.83. The number of likely N-dealkylation sites (tertiary alicyclic amines) is 1. The molecule has 4 heterocycles.